The van der Waals surface area contributed by atoms with Gasteiger partial charge in [0.15, 0.2) is 0 Å². The average molecular weight is 170 g/mol. The van der Waals surface area contributed by atoms with Gasteiger partial charge < -0.3 is 10.6 Å². The van der Waals surface area contributed by atoms with Gasteiger partial charge in [0.2, 0.25) is 5.91 Å². The van der Waals surface area contributed by atoms with Crippen LogP contribution in [0.1, 0.15) is 20.3 Å². The van der Waals surface area contributed by atoms with E-state index in [1.54, 1.807) is 7.05 Å². The van der Waals surface area contributed by atoms with Crippen molar-refractivity contribution >= 4 is 5.91 Å². The topological polar surface area (TPSA) is 41.1 Å². The Morgan fingerprint density at radius 3 is 2.58 bits per heavy atom. The predicted molar refractivity (Wildman–Crippen MR) is 51.0 cm³/mol. The van der Waals surface area contributed by atoms with Crippen LogP contribution in [0.25, 0.3) is 0 Å². The first-order valence-electron chi connectivity index (χ1n) is 4.17. The Hall–Kier alpha value is -0.830. The minimum Gasteiger partial charge on any atom is -0.358 e. The molecule has 0 fully saturated rings. The molecule has 0 spiro atoms. The summed E-state index contributed by atoms with van der Waals surface area (Å²) in [5, 5.41) is 5.67. The van der Waals surface area contributed by atoms with Crippen LogP contribution in [0.4, 0.5) is 0 Å². The minimum atomic E-state index is -0.116. The van der Waals surface area contributed by atoms with Crippen molar-refractivity contribution in [3.8, 4) is 0 Å². The van der Waals surface area contributed by atoms with E-state index in [2.05, 4.69) is 17.2 Å². The minimum absolute atomic E-state index is 0.0247. The van der Waals surface area contributed by atoms with Gasteiger partial charge in [-0.2, -0.15) is 0 Å². The van der Waals surface area contributed by atoms with Crippen molar-refractivity contribution in [1.82, 2.24) is 10.6 Å². The van der Waals surface area contributed by atoms with Crippen LogP contribution in [0.2, 0.25) is 0 Å². The Morgan fingerprint density at radius 1 is 1.58 bits per heavy atom. The summed E-state index contributed by atoms with van der Waals surface area (Å²) >= 11 is 0. The van der Waals surface area contributed by atoms with E-state index in [4.69, 9.17) is 0 Å². The van der Waals surface area contributed by atoms with Gasteiger partial charge in [-0.15, -0.1) is 6.58 Å². The Morgan fingerprint density at radius 2 is 2.17 bits per heavy atom. The summed E-state index contributed by atoms with van der Waals surface area (Å²) in [6.07, 6.45) is 0.918. The largest absolute Gasteiger partial charge is 0.358 e. The van der Waals surface area contributed by atoms with Gasteiger partial charge in [-0.05, 0) is 26.8 Å². The molecule has 12 heavy (non-hydrogen) atoms. The van der Waals surface area contributed by atoms with Crippen molar-refractivity contribution in [2.75, 3.05) is 13.6 Å². The molecule has 2 N–H and O–H groups in total. The van der Waals surface area contributed by atoms with Crippen LogP contribution in [-0.4, -0.2) is 25.5 Å². The van der Waals surface area contributed by atoms with Crippen LogP contribution in [0, 0.1) is 0 Å². The van der Waals surface area contributed by atoms with E-state index in [0.717, 1.165) is 18.5 Å². The van der Waals surface area contributed by atoms with Gasteiger partial charge in [0.1, 0.15) is 0 Å². The summed E-state index contributed by atoms with van der Waals surface area (Å²) in [4.78, 5) is 11.0. The Balaban J connectivity index is 3.50. The van der Waals surface area contributed by atoms with Crippen LogP contribution in [0.5, 0.6) is 0 Å². The molecule has 0 aliphatic heterocycles. The van der Waals surface area contributed by atoms with Crippen LogP contribution < -0.4 is 10.6 Å². The summed E-state index contributed by atoms with van der Waals surface area (Å²) in [5.74, 6) is 0.0247. The number of amides is 1. The van der Waals surface area contributed by atoms with E-state index in [-0.39, 0.29) is 11.9 Å². The van der Waals surface area contributed by atoms with Crippen molar-refractivity contribution in [2.24, 2.45) is 0 Å². The van der Waals surface area contributed by atoms with Crippen LogP contribution in [0.3, 0.4) is 0 Å². The molecule has 0 bridgehead atoms. The fraction of sp³-hybridized carbons (Fsp3) is 0.667. The smallest absolute Gasteiger partial charge is 0.236 e. The lowest BCUT2D eigenvalue weighted by Crippen LogP contribution is -2.40. The molecule has 0 aromatic carbocycles. The third-order valence-corrected chi connectivity index (χ3v) is 1.64. The van der Waals surface area contributed by atoms with Gasteiger partial charge in [0.05, 0.1) is 6.04 Å². The van der Waals surface area contributed by atoms with Crippen molar-refractivity contribution in [3.05, 3.63) is 12.2 Å². The van der Waals surface area contributed by atoms with E-state index in [1.807, 2.05) is 13.8 Å². The highest BCUT2D eigenvalue weighted by atomic mass is 16.2. The first-order chi connectivity index (χ1) is 5.57. The molecule has 3 heteroatoms. The average Bonchev–Trinajstić information content (AvgIpc) is 2.02. The molecule has 0 aliphatic carbocycles. The number of carbonyl (C=O) groups excluding carboxylic acids is 1. The highest BCUT2D eigenvalue weighted by molar-refractivity contribution is 5.80. The molecule has 1 amide bonds. The lowest BCUT2D eigenvalue weighted by atomic mass is 10.2. The number of carbonyl (C=O) groups is 1. The SMILES string of the molecule is C=C(C)CCNC(C)C(=O)NC. The summed E-state index contributed by atoms with van der Waals surface area (Å²) in [6.45, 7) is 8.41. The van der Waals surface area contributed by atoms with Gasteiger partial charge in [0.25, 0.3) is 0 Å². The molecule has 0 saturated heterocycles. The highest BCUT2D eigenvalue weighted by Crippen LogP contribution is 1.92. The standard InChI is InChI=1S/C9H18N2O/c1-7(2)5-6-11-8(3)9(12)10-4/h8,11H,1,5-6H2,2-4H3,(H,10,12). The summed E-state index contributed by atoms with van der Waals surface area (Å²) in [5.41, 5.74) is 1.13. The van der Waals surface area contributed by atoms with Crippen molar-refractivity contribution in [2.45, 2.75) is 26.3 Å². The summed E-state index contributed by atoms with van der Waals surface area (Å²) in [7, 11) is 1.64. The molecule has 0 saturated carbocycles. The van der Waals surface area contributed by atoms with Crippen molar-refractivity contribution in [1.29, 1.82) is 0 Å². The monoisotopic (exact) mass is 170 g/mol. The number of hydrogen-bond donors (Lipinski definition) is 2. The van der Waals surface area contributed by atoms with Gasteiger partial charge in [-0.25, -0.2) is 0 Å². The van der Waals surface area contributed by atoms with E-state index in [1.165, 1.54) is 0 Å². The number of nitrogens with one attached hydrogen (secondary N) is 2. The molecule has 70 valence electrons. The van der Waals surface area contributed by atoms with E-state index < -0.39 is 0 Å². The first-order valence-corrected chi connectivity index (χ1v) is 4.17. The Labute approximate surface area is 74.2 Å². The predicted octanol–water partition coefficient (Wildman–Crippen LogP) is 0.677. The maximum atomic E-state index is 11.0. The van der Waals surface area contributed by atoms with Crippen LogP contribution in [0.15, 0.2) is 12.2 Å². The van der Waals surface area contributed by atoms with Crippen LogP contribution >= 0.6 is 0 Å². The second-order valence-corrected chi connectivity index (χ2v) is 3.00. The Kier molecular flexibility index (Phi) is 5.37. The van der Waals surface area contributed by atoms with Gasteiger partial charge in [-0.1, -0.05) is 5.57 Å². The molecule has 1 unspecified atom stereocenters. The zero-order valence-electron chi connectivity index (χ0n) is 8.11. The second-order valence-electron chi connectivity index (χ2n) is 3.00. The van der Waals surface area contributed by atoms with E-state index in [0.29, 0.717) is 0 Å². The molecule has 0 heterocycles. The lowest BCUT2D eigenvalue weighted by Gasteiger charge is -2.11. The zero-order valence-corrected chi connectivity index (χ0v) is 8.11. The molecule has 1 atom stereocenters. The second kappa shape index (κ2) is 5.77. The molecular weight excluding hydrogens is 152 g/mol. The maximum Gasteiger partial charge on any atom is 0.236 e. The van der Waals surface area contributed by atoms with Gasteiger partial charge in [-0.3, -0.25) is 4.79 Å². The first kappa shape index (κ1) is 11.2. The molecule has 0 radical (unpaired) electrons. The Bertz CT molecular complexity index is 166. The number of likely N-dealkylation sites (N-methyl/N-ethyl adjacent to an activating group) is 1. The third-order valence-electron chi connectivity index (χ3n) is 1.64. The van der Waals surface area contributed by atoms with Gasteiger partial charge >= 0.3 is 0 Å². The molecule has 0 aromatic rings. The fourth-order valence-electron chi connectivity index (χ4n) is 0.811. The lowest BCUT2D eigenvalue weighted by molar-refractivity contribution is -0.122. The maximum absolute atomic E-state index is 11.0. The molecular formula is C9H18N2O. The van der Waals surface area contributed by atoms with E-state index >= 15 is 0 Å². The normalized spacial score (nSPS) is 12.2. The van der Waals surface area contributed by atoms with Crippen molar-refractivity contribution < 1.29 is 4.79 Å². The molecule has 0 aromatic heterocycles. The summed E-state index contributed by atoms with van der Waals surface area (Å²) < 4.78 is 0. The van der Waals surface area contributed by atoms with Crippen molar-refractivity contribution in [3.63, 3.8) is 0 Å². The molecule has 0 aliphatic rings. The zero-order chi connectivity index (χ0) is 9.56. The quantitative estimate of drug-likeness (QED) is 0.596. The molecule has 3 nitrogen and oxygen atoms in total. The van der Waals surface area contributed by atoms with E-state index in [9.17, 15) is 4.79 Å². The number of hydrogen-bond acceptors (Lipinski definition) is 2. The van der Waals surface area contributed by atoms with Gasteiger partial charge in [0, 0.05) is 7.05 Å². The summed E-state index contributed by atoms with van der Waals surface area (Å²) in [6, 6.07) is -0.116. The molecule has 0 rings (SSSR count). The van der Waals surface area contributed by atoms with Crippen LogP contribution in [-0.2, 0) is 4.79 Å². The highest BCUT2D eigenvalue weighted by Gasteiger charge is 2.08. The number of rotatable bonds is 5. The third kappa shape index (κ3) is 4.91. The fourth-order valence-corrected chi connectivity index (χ4v) is 0.811.